The number of nitrogens with one attached hydrogen (secondary N) is 1. The van der Waals surface area contributed by atoms with Crippen molar-refractivity contribution in [3.63, 3.8) is 0 Å². The van der Waals surface area contributed by atoms with Crippen LogP contribution in [0.3, 0.4) is 0 Å². The zero-order valence-corrected chi connectivity index (χ0v) is 17.1. The van der Waals surface area contributed by atoms with E-state index in [-0.39, 0.29) is 5.41 Å². The van der Waals surface area contributed by atoms with Gasteiger partial charge < -0.3 is 10.1 Å². The van der Waals surface area contributed by atoms with Crippen molar-refractivity contribution in [1.29, 1.82) is 0 Å². The van der Waals surface area contributed by atoms with Gasteiger partial charge in [0.2, 0.25) is 0 Å². The Morgan fingerprint density at radius 1 is 1.04 bits per heavy atom. The smallest absolute Gasteiger partial charge is 0.122 e. The van der Waals surface area contributed by atoms with Crippen LogP contribution in [0.5, 0.6) is 5.75 Å². The number of ether oxygens (including phenoxy) is 1. The number of rotatable bonds is 10. The van der Waals surface area contributed by atoms with Crippen LogP contribution in [-0.4, -0.2) is 13.2 Å². The number of hydrogen-bond acceptors (Lipinski definition) is 2. The summed E-state index contributed by atoms with van der Waals surface area (Å²) >= 11 is 0. The molecule has 2 heteroatoms. The molecule has 0 aliphatic carbocycles. The van der Waals surface area contributed by atoms with Gasteiger partial charge in [-0.15, -0.1) is 0 Å². The van der Waals surface area contributed by atoms with Gasteiger partial charge in [-0.1, -0.05) is 63.2 Å². The largest absolute Gasteiger partial charge is 0.493 e. The predicted molar refractivity (Wildman–Crippen MR) is 112 cm³/mol. The Hall–Kier alpha value is -1.80. The predicted octanol–water partition coefficient (Wildman–Crippen LogP) is 6.23. The Labute approximate surface area is 160 Å². The van der Waals surface area contributed by atoms with E-state index in [1.54, 1.807) is 0 Å². The van der Waals surface area contributed by atoms with Crippen LogP contribution in [0.2, 0.25) is 0 Å². The molecule has 0 aromatic heterocycles. The number of benzene rings is 2. The van der Waals surface area contributed by atoms with Crippen molar-refractivity contribution in [1.82, 2.24) is 5.32 Å². The van der Waals surface area contributed by atoms with Crippen LogP contribution >= 0.6 is 0 Å². The van der Waals surface area contributed by atoms with E-state index in [1.165, 1.54) is 16.7 Å². The van der Waals surface area contributed by atoms with Gasteiger partial charge in [0.05, 0.1) is 6.61 Å². The first kappa shape index (κ1) is 20.5. The van der Waals surface area contributed by atoms with Gasteiger partial charge in [-0.05, 0) is 61.3 Å². The molecule has 0 spiro atoms. The maximum Gasteiger partial charge on any atom is 0.122 e. The molecule has 0 heterocycles. The minimum absolute atomic E-state index is 0.257. The normalized spacial score (nSPS) is 12.8. The maximum atomic E-state index is 6.01. The highest BCUT2D eigenvalue weighted by atomic mass is 16.5. The molecule has 2 nitrogen and oxygen atoms in total. The summed E-state index contributed by atoms with van der Waals surface area (Å²) in [5, 5.41) is 3.76. The lowest BCUT2D eigenvalue weighted by atomic mass is 9.87. The van der Waals surface area contributed by atoms with Gasteiger partial charge in [-0.25, -0.2) is 0 Å². The molecular weight excluding hydrogens is 318 g/mol. The van der Waals surface area contributed by atoms with E-state index in [0.717, 1.165) is 38.2 Å². The summed E-state index contributed by atoms with van der Waals surface area (Å²) < 4.78 is 6.01. The van der Waals surface area contributed by atoms with E-state index in [9.17, 15) is 0 Å². The second-order valence-electron chi connectivity index (χ2n) is 8.14. The van der Waals surface area contributed by atoms with Crippen LogP contribution < -0.4 is 10.1 Å². The second kappa shape index (κ2) is 9.78. The molecule has 2 rings (SSSR count). The van der Waals surface area contributed by atoms with Crippen molar-refractivity contribution >= 4 is 0 Å². The Bertz CT molecular complexity index is 663. The Kier molecular flexibility index (Phi) is 7.71. The lowest BCUT2D eigenvalue weighted by molar-refractivity contribution is 0.242. The van der Waals surface area contributed by atoms with Gasteiger partial charge in [0, 0.05) is 12.6 Å². The van der Waals surface area contributed by atoms with E-state index < -0.39 is 0 Å². The highest BCUT2D eigenvalue weighted by molar-refractivity contribution is 5.35. The fourth-order valence-electron chi connectivity index (χ4n) is 3.27. The summed E-state index contributed by atoms with van der Waals surface area (Å²) in [6.45, 7) is 12.9. The standard InChI is InChI=1S/C24H35NO/c1-6-22(21-11-8-7-9-12-21)25-18-24(4,5)15-10-16-26-23-17-19(2)13-14-20(23)3/h7-9,11-14,17,22,25H,6,10,15-16,18H2,1-5H3. The first-order valence-corrected chi connectivity index (χ1v) is 9.89. The van der Waals surface area contributed by atoms with Crippen LogP contribution in [0.15, 0.2) is 48.5 Å². The van der Waals surface area contributed by atoms with Gasteiger partial charge in [0.15, 0.2) is 0 Å². The van der Waals surface area contributed by atoms with Crippen LogP contribution in [0.25, 0.3) is 0 Å². The van der Waals surface area contributed by atoms with Crippen molar-refractivity contribution < 1.29 is 4.74 Å². The molecular formula is C24H35NO. The Morgan fingerprint density at radius 2 is 1.77 bits per heavy atom. The molecule has 1 unspecified atom stereocenters. The van der Waals surface area contributed by atoms with E-state index in [0.29, 0.717) is 6.04 Å². The average molecular weight is 354 g/mol. The third kappa shape index (κ3) is 6.49. The Balaban J connectivity index is 1.76. The summed E-state index contributed by atoms with van der Waals surface area (Å²) in [7, 11) is 0. The molecule has 0 fully saturated rings. The molecule has 142 valence electrons. The topological polar surface area (TPSA) is 21.3 Å². The van der Waals surface area contributed by atoms with Crippen molar-refractivity contribution in [3.05, 3.63) is 65.2 Å². The quantitative estimate of drug-likeness (QED) is 0.511. The SMILES string of the molecule is CCC(NCC(C)(C)CCCOc1cc(C)ccc1C)c1ccccc1. The van der Waals surface area contributed by atoms with Crippen LogP contribution in [0, 0.1) is 19.3 Å². The molecule has 0 saturated carbocycles. The van der Waals surface area contributed by atoms with Gasteiger partial charge in [0.25, 0.3) is 0 Å². The van der Waals surface area contributed by atoms with Crippen molar-refractivity contribution in [2.75, 3.05) is 13.2 Å². The monoisotopic (exact) mass is 353 g/mol. The molecule has 0 bridgehead atoms. The van der Waals surface area contributed by atoms with Crippen LogP contribution in [0.1, 0.15) is 62.8 Å². The van der Waals surface area contributed by atoms with E-state index in [2.05, 4.69) is 88.5 Å². The summed E-state index contributed by atoms with van der Waals surface area (Å²) in [6, 6.07) is 17.6. The molecule has 1 N–H and O–H groups in total. The van der Waals surface area contributed by atoms with Crippen molar-refractivity contribution in [3.8, 4) is 5.75 Å². The van der Waals surface area contributed by atoms with E-state index >= 15 is 0 Å². The molecule has 1 atom stereocenters. The van der Waals surface area contributed by atoms with Gasteiger partial charge in [0.1, 0.15) is 5.75 Å². The average Bonchev–Trinajstić information content (AvgIpc) is 2.63. The van der Waals surface area contributed by atoms with Crippen molar-refractivity contribution in [2.45, 2.75) is 59.9 Å². The van der Waals surface area contributed by atoms with Crippen LogP contribution in [0.4, 0.5) is 0 Å². The molecule has 0 aliphatic heterocycles. The molecule has 0 aliphatic rings. The molecule has 0 saturated heterocycles. The van der Waals surface area contributed by atoms with Gasteiger partial charge in [-0.3, -0.25) is 0 Å². The summed E-state index contributed by atoms with van der Waals surface area (Å²) in [4.78, 5) is 0. The molecule has 2 aromatic carbocycles. The van der Waals surface area contributed by atoms with E-state index in [4.69, 9.17) is 4.74 Å². The zero-order chi connectivity index (χ0) is 19.0. The molecule has 26 heavy (non-hydrogen) atoms. The van der Waals surface area contributed by atoms with Crippen LogP contribution in [-0.2, 0) is 0 Å². The van der Waals surface area contributed by atoms with E-state index in [1.807, 2.05) is 0 Å². The first-order valence-electron chi connectivity index (χ1n) is 9.89. The highest BCUT2D eigenvalue weighted by Crippen LogP contribution is 2.25. The summed E-state index contributed by atoms with van der Waals surface area (Å²) in [5.74, 6) is 1.02. The third-order valence-corrected chi connectivity index (χ3v) is 5.04. The Morgan fingerprint density at radius 3 is 2.46 bits per heavy atom. The van der Waals surface area contributed by atoms with Gasteiger partial charge in [-0.2, -0.15) is 0 Å². The summed E-state index contributed by atoms with van der Waals surface area (Å²) in [5.41, 5.74) is 4.10. The minimum atomic E-state index is 0.257. The number of aryl methyl sites for hydroxylation is 2. The fourth-order valence-corrected chi connectivity index (χ4v) is 3.27. The minimum Gasteiger partial charge on any atom is -0.493 e. The lowest BCUT2D eigenvalue weighted by Gasteiger charge is -2.28. The highest BCUT2D eigenvalue weighted by Gasteiger charge is 2.19. The maximum absolute atomic E-state index is 6.01. The zero-order valence-electron chi connectivity index (χ0n) is 17.1. The third-order valence-electron chi connectivity index (χ3n) is 5.04. The van der Waals surface area contributed by atoms with Crippen molar-refractivity contribution in [2.24, 2.45) is 5.41 Å². The second-order valence-corrected chi connectivity index (χ2v) is 8.14. The van der Waals surface area contributed by atoms with Gasteiger partial charge >= 0.3 is 0 Å². The first-order chi connectivity index (χ1) is 12.4. The molecule has 0 radical (unpaired) electrons. The fraction of sp³-hybridized carbons (Fsp3) is 0.500. The number of hydrogen-bond donors (Lipinski definition) is 1. The molecule has 2 aromatic rings. The molecule has 0 amide bonds. The summed E-state index contributed by atoms with van der Waals surface area (Å²) in [6.07, 6.45) is 3.33. The lowest BCUT2D eigenvalue weighted by Crippen LogP contribution is -2.32.